The fourth-order valence-electron chi connectivity index (χ4n) is 0.909. The largest absolute Gasteiger partial charge is 0.811 e. The molecule has 0 radical (unpaired) electrons. The van der Waals surface area contributed by atoms with Gasteiger partial charge in [0, 0.05) is 0 Å². The lowest BCUT2D eigenvalue weighted by Crippen LogP contribution is -2.16. The summed E-state index contributed by atoms with van der Waals surface area (Å²) >= 11 is 0. The molecule has 0 fully saturated rings. The van der Waals surface area contributed by atoms with E-state index in [1.807, 2.05) is 0 Å². The van der Waals surface area contributed by atoms with Crippen LogP contribution in [0, 0.1) is 0 Å². The van der Waals surface area contributed by atoms with E-state index in [4.69, 9.17) is 0 Å². The normalized spacial score (nSPS) is 11.9. The van der Waals surface area contributed by atoms with Gasteiger partial charge in [0.05, 0.1) is 0 Å². The molecule has 0 atom stereocenters. The lowest BCUT2D eigenvalue weighted by Gasteiger charge is -2.29. The van der Waals surface area contributed by atoms with Gasteiger partial charge in [-0.15, -0.1) is 0 Å². The van der Waals surface area contributed by atoms with Crippen molar-refractivity contribution >= 4 is 7.60 Å². The Morgan fingerprint density at radius 2 is 1.64 bits per heavy atom. The number of rotatable bonds is 6. The fourth-order valence-corrected chi connectivity index (χ4v) is 1.52. The highest BCUT2D eigenvalue weighted by Crippen LogP contribution is 2.24. The standard InChI is InChI=1S/C7H17O3P/c1-2-3-4-5-6-7-11(8,9)10/h2-7H2,1H3,(H2,8,9,10)/p-2. The van der Waals surface area contributed by atoms with Crippen molar-refractivity contribution in [1.29, 1.82) is 0 Å². The van der Waals surface area contributed by atoms with Gasteiger partial charge in [-0.2, -0.15) is 0 Å². The fraction of sp³-hybridized carbons (Fsp3) is 1.00. The van der Waals surface area contributed by atoms with Crippen LogP contribution in [0.3, 0.4) is 0 Å². The van der Waals surface area contributed by atoms with E-state index in [9.17, 15) is 14.4 Å². The second-order valence-electron chi connectivity index (χ2n) is 2.75. The molecule has 3 nitrogen and oxygen atoms in total. The molecule has 0 spiro atoms. The van der Waals surface area contributed by atoms with Gasteiger partial charge in [-0.3, -0.25) is 0 Å². The van der Waals surface area contributed by atoms with Gasteiger partial charge >= 0.3 is 0 Å². The molecule has 0 heterocycles. The zero-order valence-electron chi connectivity index (χ0n) is 6.91. The minimum atomic E-state index is -4.21. The second-order valence-corrected chi connectivity index (χ2v) is 4.42. The molecular weight excluding hydrogens is 163 g/mol. The maximum atomic E-state index is 10.1. The summed E-state index contributed by atoms with van der Waals surface area (Å²) < 4.78 is 10.1. The van der Waals surface area contributed by atoms with E-state index in [0.717, 1.165) is 25.7 Å². The molecule has 0 aliphatic rings. The van der Waals surface area contributed by atoms with Crippen LogP contribution in [0.4, 0.5) is 0 Å². The molecule has 11 heavy (non-hydrogen) atoms. The summed E-state index contributed by atoms with van der Waals surface area (Å²) in [5.74, 6) is 0. The molecule has 0 N–H and O–H groups in total. The van der Waals surface area contributed by atoms with E-state index in [0.29, 0.717) is 6.42 Å². The summed E-state index contributed by atoms with van der Waals surface area (Å²) in [6.45, 7) is 2.09. The highest BCUT2D eigenvalue weighted by molar-refractivity contribution is 7.48. The average Bonchev–Trinajstić information content (AvgIpc) is 1.85. The number of hydrogen-bond acceptors (Lipinski definition) is 3. The van der Waals surface area contributed by atoms with Crippen molar-refractivity contribution in [1.82, 2.24) is 0 Å². The minimum Gasteiger partial charge on any atom is -0.811 e. The van der Waals surface area contributed by atoms with E-state index in [2.05, 4.69) is 6.92 Å². The average molecular weight is 178 g/mol. The summed E-state index contributed by atoms with van der Waals surface area (Å²) in [4.78, 5) is 20.3. The van der Waals surface area contributed by atoms with Gasteiger partial charge in [0.15, 0.2) is 0 Å². The molecule has 0 aliphatic heterocycles. The van der Waals surface area contributed by atoms with E-state index < -0.39 is 7.60 Å². The van der Waals surface area contributed by atoms with Crippen LogP contribution in [-0.4, -0.2) is 6.16 Å². The maximum absolute atomic E-state index is 10.1. The summed E-state index contributed by atoms with van der Waals surface area (Å²) in [7, 11) is -4.21. The van der Waals surface area contributed by atoms with Crippen LogP contribution in [0.2, 0.25) is 0 Å². The summed E-state index contributed by atoms with van der Waals surface area (Å²) in [6, 6.07) is 0. The Morgan fingerprint density at radius 3 is 2.09 bits per heavy atom. The zero-order valence-corrected chi connectivity index (χ0v) is 7.81. The third-order valence-corrected chi connectivity index (χ3v) is 2.40. The molecule has 4 heteroatoms. The Labute approximate surface area is 68.0 Å². The molecule has 0 bridgehead atoms. The SMILES string of the molecule is CCCCCCCP(=O)([O-])[O-]. The minimum absolute atomic E-state index is 0.170. The van der Waals surface area contributed by atoms with Gasteiger partial charge in [0.1, 0.15) is 0 Å². The van der Waals surface area contributed by atoms with Crippen LogP contribution in [0.5, 0.6) is 0 Å². The van der Waals surface area contributed by atoms with E-state index >= 15 is 0 Å². The van der Waals surface area contributed by atoms with Crippen molar-refractivity contribution in [3.8, 4) is 0 Å². The summed E-state index contributed by atoms with van der Waals surface area (Å²) in [6.07, 6.45) is 4.52. The number of hydrogen-bond donors (Lipinski definition) is 0. The van der Waals surface area contributed by atoms with Crippen LogP contribution < -0.4 is 9.79 Å². The van der Waals surface area contributed by atoms with Crippen molar-refractivity contribution in [2.24, 2.45) is 0 Å². The van der Waals surface area contributed by atoms with Crippen LogP contribution in [0.25, 0.3) is 0 Å². The summed E-state index contributed by atoms with van der Waals surface area (Å²) in [5.41, 5.74) is 0. The van der Waals surface area contributed by atoms with Gasteiger partial charge in [0.2, 0.25) is 0 Å². The molecule has 68 valence electrons. The van der Waals surface area contributed by atoms with Crippen molar-refractivity contribution in [2.75, 3.05) is 6.16 Å². The Morgan fingerprint density at radius 1 is 1.09 bits per heavy atom. The summed E-state index contributed by atoms with van der Waals surface area (Å²) in [5, 5.41) is 0. The Kier molecular flexibility index (Phi) is 5.83. The molecule has 0 saturated carbocycles. The zero-order chi connectivity index (χ0) is 8.74. The number of unbranched alkanes of at least 4 members (excludes halogenated alkanes) is 4. The predicted molar refractivity (Wildman–Crippen MR) is 41.2 cm³/mol. The molecular formula is C7H15O3P-2. The van der Waals surface area contributed by atoms with E-state index in [-0.39, 0.29) is 6.16 Å². The molecule has 0 unspecified atom stereocenters. The van der Waals surface area contributed by atoms with Crippen LogP contribution in [0.15, 0.2) is 0 Å². The van der Waals surface area contributed by atoms with Crippen molar-refractivity contribution < 1.29 is 14.4 Å². The lowest BCUT2D eigenvalue weighted by atomic mass is 10.2. The predicted octanol–water partition coefficient (Wildman–Crippen LogP) is 0.870. The Hall–Kier alpha value is 0.150. The Bertz CT molecular complexity index is 130. The third-order valence-electron chi connectivity index (χ3n) is 1.54. The van der Waals surface area contributed by atoms with Gasteiger partial charge in [-0.05, 0) is 12.6 Å². The van der Waals surface area contributed by atoms with Gasteiger partial charge in [-0.1, -0.05) is 40.2 Å². The Balaban J connectivity index is 3.09. The van der Waals surface area contributed by atoms with Crippen LogP contribution >= 0.6 is 7.60 Å². The van der Waals surface area contributed by atoms with Gasteiger partial charge in [-0.25, -0.2) is 0 Å². The van der Waals surface area contributed by atoms with Gasteiger partial charge < -0.3 is 14.4 Å². The van der Waals surface area contributed by atoms with E-state index in [1.54, 1.807) is 0 Å². The molecule has 0 amide bonds. The van der Waals surface area contributed by atoms with Crippen LogP contribution in [-0.2, 0) is 4.57 Å². The first-order valence-corrected chi connectivity index (χ1v) is 5.80. The second kappa shape index (κ2) is 5.76. The first-order chi connectivity index (χ1) is 5.06. The lowest BCUT2D eigenvalue weighted by molar-refractivity contribution is -0.313. The topological polar surface area (TPSA) is 63.2 Å². The quantitative estimate of drug-likeness (QED) is 0.447. The third kappa shape index (κ3) is 10.2. The molecule has 0 aromatic rings. The monoisotopic (exact) mass is 178 g/mol. The molecule has 0 aromatic carbocycles. The first kappa shape index (κ1) is 11.2. The highest BCUT2D eigenvalue weighted by Gasteiger charge is 1.91. The van der Waals surface area contributed by atoms with Gasteiger partial charge in [0.25, 0.3) is 0 Å². The van der Waals surface area contributed by atoms with E-state index in [1.165, 1.54) is 0 Å². The van der Waals surface area contributed by atoms with Crippen LogP contribution in [0.1, 0.15) is 39.0 Å². The molecule has 0 rings (SSSR count). The highest BCUT2D eigenvalue weighted by atomic mass is 31.2. The molecule has 0 aromatic heterocycles. The smallest absolute Gasteiger partial charge is 0.0250 e. The van der Waals surface area contributed by atoms with Crippen molar-refractivity contribution in [3.05, 3.63) is 0 Å². The van der Waals surface area contributed by atoms with Crippen molar-refractivity contribution in [2.45, 2.75) is 39.0 Å². The first-order valence-electron chi connectivity index (χ1n) is 4.07. The molecule has 0 aliphatic carbocycles. The van der Waals surface area contributed by atoms with Crippen molar-refractivity contribution in [3.63, 3.8) is 0 Å². The molecule has 0 saturated heterocycles. The maximum Gasteiger partial charge on any atom is -0.0250 e.